The molecule has 8 heteroatoms. The van der Waals surface area contributed by atoms with Gasteiger partial charge in [0.1, 0.15) is 18.0 Å². The third kappa shape index (κ3) is 2.37. The van der Waals surface area contributed by atoms with Crippen molar-refractivity contribution >= 4 is 11.8 Å². The minimum Gasteiger partial charge on any atom is -0.463 e. The quantitative estimate of drug-likeness (QED) is 0.792. The minimum absolute atomic E-state index is 0.0304. The van der Waals surface area contributed by atoms with Gasteiger partial charge in [-0.25, -0.2) is 24.4 Å². The molecule has 0 amide bonds. The van der Waals surface area contributed by atoms with Gasteiger partial charge in [0.05, 0.1) is 7.11 Å². The van der Waals surface area contributed by atoms with Gasteiger partial charge in [0.15, 0.2) is 5.82 Å². The van der Waals surface area contributed by atoms with Gasteiger partial charge in [0.2, 0.25) is 0 Å². The van der Waals surface area contributed by atoms with Crippen LogP contribution in [0.25, 0.3) is 5.82 Å². The normalized spacial score (nSPS) is 10.5. The van der Waals surface area contributed by atoms with Crippen LogP contribution in [-0.2, 0) is 11.2 Å². The summed E-state index contributed by atoms with van der Waals surface area (Å²) in [6.07, 6.45) is 2.04. The molecule has 0 spiro atoms. The smallest absolute Gasteiger partial charge is 0.377 e. The summed E-state index contributed by atoms with van der Waals surface area (Å²) in [4.78, 5) is 23.7. The molecule has 0 aliphatic rings. The number of rotatable bonds is 3. The molecule has 100 valence electrons. The molecule has 2 aromatic heterocycles. The fraction of sp³-hybridized carbons (Fsp3) is 0.364. The summed E-state index contributed by atoms with van der Waals surface area (Å²) in [5, 5.41) is 4.01. The van der Waals surface area contributed by atoms with Gasteiger partial charge in [-0.1, -0.05) is 6.92 Å². The van der Waals surface area contributed by atoms with Gasteiger partial charge < -0.3 is 10.5 Å². The second-order valence-electron chi connectivity index (χ2n) is 3.83. The van der Waals surface area contributed by atoms with Crippen LogP contribution in [0.15, 0.2) is 6.33 Å². The summed E-state index contributed by atoms with van der Waals surface area (Å²) in [5.41, 5.74) is 6.50. The van der Waals surface area contributed by atoms with E-state index in [0.717, 1.165) is 0 Å². The number of anilines is 1. The Balaban J connectivity index is 2.49. The maximum absolute atomic E-state index is 11.3. The molecule has 8 nitrogen and oxygen atoms in total. The van der Waals surface area contributed by atoms with E-state index in [1.165, 1.54) is 18.1 Å². The summed E-state index contributed by atoms with van der Waals surface area (Å²) in [7, 11) is 1.27. The molecular formula is C11H14N6O2. The van der Waals surface area contributed by atoms with Crippen LogP contribution < -0.4 is 5.73 Å². The lowest BCUT2D eigenvalue weighted by Crippen LogP contribution is -2.10. The number of hydrogen-bond acceptors (Lipinski definition) is 7. The zero-order valence-corrected chi connectivity index (χ0v) is 10.9. The number of carbonyl (C=O) groups excluding carboxylic acids is 1. The molecule has 0 atom stereocenters. The van der Waals surface area contributed by atoms with Gasteiger partial charge in [0, 0.05) is 12.0 Å². The molecule has 2 aromatic rings. The van der Waals surface area contributed by atoms with Gasteiger partial charge >= 0.3 is 5.97 Å². The van der Waals surface area contributed by atoms with Gasteiger partial charge in [-0.05, 0) is 6.92 Å². The number of methoxy groups -OCH3 is 1. The topological polar surface area (TPSA) is 109 Å². The molecule has 2 N–H and O–H groups in total. The van der Waals surface area contributed by atoms with Gasteiger partial charge in [0.25, 0.3) is 5.82 Å². The Bertz CT molecular complexity index is 622. The average molecular weight is 262 g/mol. The lowest BCUT2D eigenvalue weighted by Gasteiger charge is -2.08. The van der Waals surface area contributed by atoms with Gasteiger partial charge in [-0.2, -0.15) is 0 Å². The van der Waals surface area contributed by atoms with Crippen molar-refractivity contribution in [3.63, 3.8) is 0 Å². The van der Waals surface area contributed by atoms with Crippen molar-refractivity contribution in [3.8, 4) is 5.82 Å². The molecule has 2 rings (SSSR count). The second-order valence-corrected chi connectivity index (χ2v) is 3.83. The molecule has 2 heterocycles. The SMILES string of the molecule is CCc1nc(N)c(C)c(-n2cnc(C(=O)OC)n2)n1. The molecule has 0 aromatic carbocycles. The summed E-state index contributed by atoms with van der Waals surface area (Å²) in [5.74, 6) is 0.864. The highest BCUT2D eigenvalue weighted by molar-refractivity contribution is 5.84. The Kier molecular flexibility index (Phi) is 3.41. The first-order valence-corrected chi connectivity index (χ1v) is 5.70. The number of carbonyl (C=O) groups is 1. The number of nitrogens with zero attached hydrogens (tertiary/aromatic N) is 5. The van der Waals surface area contributed by atoms with Crippen LogP contribution in [0.3, 0.4) is 0 Å². The molecule has 0 unspecified atom stereocenters. The molecule has 0 aliphatic heterocycles. The number of aryl methyl sites for hydroxylation is 1. The van der Waals surface area contributed by atoms with Crippen LogP contribution >= 0.6 is 0 Å². The fourth-order valence-corrected chi connectivity index (χ4v) is 1.50. The predicted octanol–water partition coefficient (Wildman–Crippen LogP) is 0.297. The number of aromatic nitrogens is 5. The van der Waals surface area contributed by atoms with Gasteiger partial charge in [-0.3, -0.25) is 0 Å². The fourth-order valence-electron chi connectivity index (χ4n) is 1.50. The van der Waals surface area contributed by atoms with Crippen molar-refractivity contribution in [3.05, 3.63) is 23.5 Å². The lowest BCUT2D eigenvalue weighted by molar-refractivity contribution is 0.0587. The first kappa shape index (κ1) is 12.9. The zero-order chi connectivity index (χ0) is 14.0. The molecule has 0 radical (unpaired) electrons. The highest BCUT2D eigenvalue weighted by Crippen LogP contribution is 2.16. The Hall–Kier alpha value is -2.51. The summed E-state index contributed by atoms with van der Waals surface area (Å²) in [6, 6.07) is 0. The van der Waals surface area contributed by atoms with Crippen molar-refractivity contribution in [2.45, 2.75) is 20.3 Å². The number of ether oxygens (including phenoxy) is 1. The molecule has 0 aliphatic carbocycles. The Morgan fingerprint density at radius 3 is 2.84 bits per heavy atom. The van der Waals surface area contributed by atoms with E-state index in [0.29, 0.717) is 29.4 Å². The van der Waals surface area contributed by atoms with E-state index in [-0.39, 0.29) is 5.82 Å². The monoisotopic (exact) mass is 262 g/mol. The molecule has 19 heavy (non-hydrogen) atoms. The van der Waals surface area contributed by atoms with E-state index in [1.54, 1.807) is 6.92 Å². The third-order valence-corrected chi connectivity index (χ3v) is 2.60. The Morgan fingerprint density at radius 2 is 2.21 bits per heavy atom. The van der Waals surface area contributed by atoms with Crippen LogP contribution in [0, 0.1) is 6.92 Å². The largest absolute Gasteiger partial charge is 0.463 e. The second kappa shape index (κ2) is 5.01. The standard InChI is InChI=1S/C11H14N6O2/c1-4-7-14-8(12)6(2)10(15-7)17-5-13-9(16-17)11(18)19-3/h5H,4H2,1-3H3,(H2,12,14,15). The number of nitrogens with two attached hydrogens (primary N) is 1. The van der Waals surface area contributed by atoms with E-state index in [2.05, 4.69) is 24.8 Å². The minimum atomic E-state index is -0.603. The number of hydrogen-bond donors (Lipinski definition) is 1. The van der Waals surface area contributed by atoms with Gasteiger partial charge in [-0.15, -0.1) is 5.10 Å². The van der Waals surface area contributed by atoms with Crippen molar-refractivity contribution < 1.29 is 9.53 Å². The van der Waals surface area contributed by atoms with Crippen molar-refractivity contribution in [2.24, 2.45) is 0 Å². The number of esters is 1. The first-order valence-electron chi connectivity index (χ1n) is 5.70. The van der Waals surface area contributed by atoms with Crippen molar-refractivity contribution in [1.29, 1.82) is 0 Å². The third-order valence-electron chi connectivity index (χ3n) is 2.60. The first-order chi connectivity index (χ1) is 9.06. The van der Waals surface area contributed by atoms with E-state index >= 15 is 0 Å². The molecular weight excluding hydrogens is 248 g/mol. The highest BCUT2D eigenvalue weighted by Gasteiger charge is 2.15. The van der Waals surface area contributed by atoms with E-state index in [4.69, 9.17) is 5.73 Å². The summed E-state index contributed by atoms with van der Waals surface area (Å²) < 4.78 is 5.94. The highest BCUT2D eigenvalue weighted by atomic mass is 16.5. The average Bonchev–Trinajstić information content (AvgIpc) is 2.90. The molecule has 0 saturated heterocycles. The van der Waals surface area contributed by atoms with Crippen LogP contribution in [0.4, 0.5) is 5.82 Å². The lowest BCUT2D eigenvalue weighted by atomic mass is 10.3. The zero-order valence-electron chi connectivity index (χ0n) is 10.9. The maximum Gasteiger partial charge on any atom is 0.377 e. The van der Waals surface area contributed by atoms with Crippen LogP contribution in [0.1, 0.15) is 28.9 Å². The molecule has 0 bridgehead atoms. The van der Waals surface area contributed by atoms with Crippen molar-refractivity contribution in [1.82, 2.24) is 24.7 Å². The van der Waals surface area contributed by atoms with Crippen LogP contribution in [0.5, 0.6) is 0 Å². The van der Waals surface area contributed by atoms with Crippen LogP contribution in [0.2, 0.25) is 0 Å². The molecule has 0 fully saturated rings. The maximum atomic E-state index is 11.3. The number of nitrogen functional groups attached to an aromatic ring is 1. The molecule has 0 saturated carbocycles. The Labute approximate surface area is 109 Å². The van der Waals surface area contributed by atoms with E-state index in [9.17, 15) is 4.79 Å². The predicted molar refractivity (Wildman–Crippen MR) is 66.8 cm³/mol. The Morgan fingerprint density at radius 1 is 1.47 bits per heavy atom. The summed E-state index contributed by atoms with van der Waals surface area (Å²) in [6.45, 7) is 3.71. The van der Waals surface area contributed by atoms with E-state index < -0.39 is 5.97 Å². The van der Waals surface area contributed by atoms with Crippen LogP contribution in [-0.4, -0.2) is 37.8 Å². The van der Waals surface area contributed by atoms with E-state index in [1.807, 2.05) is 6.92 Å². The summed E-state index contributed by atoms with van der Waals surface area (Å²) >= 11 is 0. The van der Waals surface area contributed by atoms with Crippen molar-refractivity contribution in [2.75, 3.05) is 12.8 Å².